The van der Waals surface area contributed by atoms with Gasteiger partial charge < -0.3 is 14.9 Å². The van der Waals surface area contributed by atoms with Crippen LogP contribution in [0, 0.1) is 5.82 Å². The number of hydrogen-bond donors (Lipinski definition) is 3. The van der Waals surface area contributed by atoms with Crippen LogP contribution in [0.4, 0.5) is 10.3 Å². The lowest BCUT2D eigenvalue weighted by Gasteiger charge is -2.36. The van der Waals surface area contributed by atoms with Crippen LogP contribution in [0.25, 0.3) is 6.08 Å². The predicted molar refractivity (Wildman–Crippen MR) is 101 cm³/mol. The zero-order valence-electron chi connectivity index (χ0n) is 15.0. The molecule has 1 aromatic carbocycles. The molecule has 0 bridgehead atoms. The van der Waals surface area contributed by atoms with Gasteiger partial charge in [-0.1, -0.05) is 18.2 Å². The van der Waals surface area contributed by atoms with Gasteiger partial charge in [-0.3, -0.25) is 10.0 Å². The van der Waals surface area contributed by atoms with Crippen LogP contribution < -0.4 is 10.4 Å². The topological polar surface area (TPSA) is 102 Å². The van der Waals surface area contributed by atoms with E-state index in [4.69, 9.17) is 5.21 Å². The average molecular weight is 385 g/mol. The Kier molecular flexibility index (Phi) is 6.18. The minimum Gasteiger partial charge on any atom is -0.513 e. The van der Waals surface area contributed by atoms with Crippen LogP contribution in [0.3, 0.4) is 0 Å². The minimum atomic E-state index is -0.665. The molecule has 0 unspecified atom stereocenters. The standard InChI is InChI=1S/C19H20FN5O3/c20-16-4-1-14(2-5-16)3-6-17(13-26)24-7-9-25(10-8-24)19-21-11-15(12-22-19)18(27)23-28/h1-6,11-13,26,28H,7-10H2,(H,23,27)/b6-3+,17-13+. The van der Waals surface area contributed by atoms with Crippen molar-refractivity contribution < 1.29 is 19.5 Å². The molecule has 2 aromatic rings. The molecule has 8 nitrogen and oxygen atoms in total. The SMILES string of the molecule is O=C(NO)c1cnc(N2CCN(C(/C=C/c3ccc(F)cc3)=C/O)CC2)nc1. The molecule has 1 fully saturated rings. The van der Waals surface area contributed by atoms with Crippen molar-refractivity contribution in [1.82, 2.24) is 20.3 Å². The Balaban J connectivity index is 1.59. The number of aromatic nitrogens is 2. The lowest BCUT2D eigenvalue weighted by atomic mass is 10.2. The molecule has 1 saturated heterocycles. The molecule has 1 aliphatic rings. The van der Waals surface area contributed by atoms with Gasteiger partial charge in [0, 0.05) is 38.6 Å². The number of halogens is 1. The summed E-state index contributed by atoms with van der Waals surface area (Å²) < 4.78 is 13.0. The van der Waals surface area contributed by atoms with Crippen molar-refractivity contribution in [2.45, 2.75) is 0 Å². The summed E-state index contributed by atoms with van der Waals surface area (Å²) in [5.74, 6) is -0.467. The highest BCUT2D eigenvalue weighted by Crippen LogP contribution is 2.16. The van der Waals surface area contributed by atoms with E-state index in [1.54, 1.807) is 18.2 Å². The molecule has 1 aliphatic heterocycles. The third kappa shape index (κ3) is 4.63. The Morgan fingerprint density at radius 3 is 2.32 bits per heavy atom. The summed E-state index contributed by atoms with van der Waals surface area (Å²) in [4.78, 5) is 23.6. The molecular weight excluding hydrogens is 365 g/mol. The number of carbonyl (C=O) groups excluding carboxylic acids is 1. The summed E-state index contributed by atoms with van der Waals surface area (Å²) in [6, 6.07) is 6.10. The number of aliphatic hydroxyl groups is 1. The van der Waals surface area contributed by atoms with E-state index in [0.29, 0.717) is 37.8 Å². The second kappa shape index (κ2) is 8.96. The van der Waals surface area contributed by atoms with E-state index in [-0.39, 0.29) is 11.4 Å². The van der Waals surface area contributed by atoms with Crippen molar-refractivity contribution in [2.75, 3.05) is 31.1 Å². The summed E-state index contributed by atoms with van der Waals surface area (Å²) >= 11 is 0. The number of hydrogen-bond acceptors (Lipinski definition) is 7. The first-order valence-electron chi connectivity index (χ1n) is 8.65. The van der Waals surface area contributed by atoms with Crippen LogP contribution >= 0.6 is 0 Å². The number of amides is 1. The molecular formula is C19H20FN5O3. The van der Waals surface area contributed by atoms with E-state index in [2.05, 4.69) is 9.97 Å². The van der Waals surface area contributed by atoms with Crippen molar-refractivity contribution in [3.8, 4) is 0 Å². The fraction of sp³-hybridized carbons (Fsp3) is 0.211. The molecule has 2 heterocycles. The van der Waals surface area contributed by atoms with Gasteiger partial charge in [0.05, 0.1) is 11.3 Å². The maximum Gasteiger partial charge on any atom is 0.277 e. The Labute approximate surface area is 161 Å². The maximum atomic E-state index is 13.0. The molecule has 3 N–H and O–H groups in total. The molecule has 3 rings (SSSR count). The zero-order chi connectivity index (χ0) is 19.9. The van der Waals surface area contributed by atoms with Crippen LogP contribution in [-0.4, -0.2) is 57.3 Å². The van der Waals surface area contributed by atoms with E-state index < -0.39 is 5.91 Å². The monoisotopic (exact) mass is 385 g/mol. The van der Waals surface area contributed by atoms with Gasteiger partial charge in [0.15, 0.2) is 0 Å². The molecule has 0 aliphatic carbocycles. The summed E-state index contributed by atoms with van der Waals surface area (Å²) in [5, 5.41) is 18.2. The molecule has 0 saturated carbocycles. The van der Waals surface area contributed by atoms with Crippen LogP contribution in [-0.2, 0) is 0 Å². The van der Waals surface area contributed by atoms with E-state index in [0.717, 1.165) is 11.8 Å². The number of allylic oxidation sites excluding steroid dienone is 1. The first-order chi connectivity index (χ1) is 13.6. The van der Waals surface area contributed by atoms with Gasteiger partial charge in [-0.2, -0.15) is 0 Å². The number of rotatable bonds is 5. The Bertz CT molecular complexity index is 860. The maximum absolute atomic E-state index is 13.0. The van der Waals surface area contributed by atoms with Crippen molar-refractivity contribution in [3.63, 3.8) is 0 Å². The van der Waals surface area contributed by atoms with Gasteiger partial charge in [-0.25, -0.2) is 19.8 Å². The van der Waals surface area contributed by atoms with Gasteiger partial charge in [0.1, 0.15) is 12.1 Å². The van der Waals surface area contributed by atoms with Crippen molar-refractivity contribution in [3.05, 3.63) is 71.6 Å². The molecule has 0 atom stereocenters. The number of anilines is 1. The quantitative estimate of drug-likeness (QED) is 0.313. The number of nitrogens with zero attached hydrogens (tertiary/aromatic N) is 4. The summed E-state index contributed by atoms with van der Waals surface area (Å²) in [6.07, 6.45) is 7.34. The Morgan fingerprint density at radius 1 is 1.11 bits per heavy atom. The van der Waals surface area contributed by atoms with Crippen LogP contribution in [0.2, 0.25) is 0 Å². The highest BCUT2D eigenvalue weighted by atomic mass is 19.1. The molecule has 1 amide bonds. The van der Waals surface area contributed by atoms with Gasteiger partial charge in [0.25, 0.3) is 5.91 Å². The van der Waals surface area contributed by atoms with E-state index in [1.807, 2.05) is 15.9 Å². The third-order valence-corrected chi connectivity index (χ3v) is 4.38. The lowest BCUT2D eigenvalue weighted by Crippen LogP contribution is -2.46. The van der Waals surface area contributed by atoms with E-state index in [9.17, 15) is 14.3 Å². The molecule has 0 radical (unpaired) electrons. The number of aliphatic hydroxyl groups excluding tert-OH is 1. The van der Waals surface area contributed by atoms with Gasteiger partial charge in [0.2, 0.25) is 5.95 Å². The normalized spacial score (nSPS) is 15.1. The third-order valence-electron chi connectivity index (χ3n) is 4.38. The smallest absolute Gasteiger partial charge is 0.277 e. The highest BCUT2D eigenvalue weighted by molar-refractivity contribution is 5.92. The molecule has 1 aromatic heterocycles. The number of carbonyl (C=O) groups is 1. The first-order valence-corrected chi connectivity index (χ1v) is 8.65. The molecule has 0 spiro atoms. The molecule has 9 heteroatoms. The minimum absolute atomic E-state index is 0.168. The van der Waals surface area contributed by atoms with E-state index >= 15 is 0 Å². The number of piperazine rings is 1. The van der Waals surface area contributed by atoms with Gasteiger partial charge in [-0.05, 0) is 23.8 Å². The Hall–Kier alpha value is -3.46. The highest BCUT2D eigenvalue weighted by Gasteiger charge is 2.20. The zero-order valence-corrected chi connectivity index (χ0v) is 15.0. The molecule has 146 valence electrons. The van der Waals surface area contributed by atoms with Crippen LogP contribution in [0.5, 0.6) is 0 Å². The Morgan fingerprint density at radius 2 is 1.75 bits per heavy atom. The summed E-state index contributed by atoms with van der Waals surface area (Å²) in [7, 11) is 0. The lowest BCUT2D eigenvalue weighted by molar-refractivity contribution is 0.0705. The van der Waals surface area contributed by atoms with Gasteiger partial charge >= 0.3 is 0 Å². The van der Waals surface area contributed by atoms with Crippen molar-refractivity contribution in [2.24, 2.45) is 0 Å². The van der Waals surface area contributed by atoms with Gasteiger partial charge in [-0.15, -0.1) is 0 Å². The second-order valence-corrected chi connectivity index (χ2v) is 6.13. The summed E-state index contributed by atoms with van der Waals surface area (Å²) in [6.45, 7) is 2.55. The van der Waals surface area contributed by atoms with Crippen molar-refractivity contribution in [1.29, 1.82) is 0 Å². The average Bonchev–Trinajstić information content (AvgIpc) is 2.75. The number of hydroxylamine groups is 1. The van der Waals surface area contributed by atoms with Crippen molar-refractivity contribution >= 4 is 17.9 Å². The molecule has 28 heavy (non-hydrogen) atoms. The predicted octanol–water partition coefficient (Wildman–Crippen LogP) is 1.97. The van der Waals surface area contributed by atoms with Crippen LogP contribution in [0.1, 0.15) is 15.9 Å². The second-order valence-electron chi connectivity index (χ2n) is 6.13. The summed E-state index contributed by atoms with van der Waals surface area (Å²) in [5.41, 5.74) is 3.19. The fourth-order valence-corrected chi connectivity index (χ4v) is 2.82. The fourth-order valence-electron chi connectivity index (χ4n) is 2.82. The number of benzene rings is 1. The first kappa shape index (κ1) is 19.3. The van der Waals surface area contributed by atoms with Crippen LogP contribution in [0.15, 0.2) is 54.7 Å². The largest absolute Gasteiger partial charge is 0.513 e. The van der Waals surface area contributed by atoms with E-state index in [1.165, 1.54) is 30.0 Å². The number of nitrogens with one attached hydrogen (secondary N) is 1.